The Morgan fingerprint density at radius 2 is 2.05 bits per heavy atom. The van der Waals surface area contributed by atoms with Crippen LogP contribution in [-0.2, 0) is 21.1 Å². The average molecular weight is 281 g/mol. The SMILES string of the molecule is CC(C(=O)NC1CCCc2ccccc21)S(C)(=O)=O. The molecule has 0 saturated carbocycles. The van der Waals surface area contributed by atoms with Crippen LogP contribution in [0, 0.1) is 0 Å². The summed E-state index contributed by atoms with van der Waals surface area (Å²) in [6.07, 6.45) is 3.98. The molecule has 4 nitrogen and oxygen atoms in total. The summed E-state index contributed by atoms with van der Waals surface area (Å²) in [5, 5.41) is 1.86. The first-order valence-electron chi connectivity index (χ1n) is 6.46. The molecule has 0 aliphatic heterocycles. The van der Waals surface area contributed by atoms with Gasteiger partial charge in [-0.15, -0.1) is 0 Å². The molecule has 0 heterocycles. The summed E-state index contributed by atoms with van der Waals surface area (Å²) in [5.74, 6) is -0.413. The maximum absolute atomic E-state index is 12.0. The molecule has 2 atom stereocenters. The number of hydrogen-bond acceptors (Lipinski definition) is 3. The maximum Gasteiger partial charge on any atom is 0.238 e. The van der Waals surface area contributed by atoms with Crippen molar-refractivity contribution in [3.8, 4) is 0 Å². The van der Waals surface area contributed by atoms with Gasteiger partial charge in [-0.05, 0) is 37.3 Å². The van der Waals surface area contributed by atoms with Crippen molar-refractivity contribution in [1.82, 2.24) is 5.32 Å². The number of amides is 1. The number of sulfone groups is 1. The van der Waals surface area contributed by atoms with Gasteiger partial charge in [-0.3, -0.25) is 4.79 Å². The zero-order valence-corrected chi connectivity index (χ0v) is 12.0. The molecule has 1 aliphatic carbocycles. The molecule has 2 unspecified atom stereocenters. The van der Waals surface area contributed by atoms with Crippen LogP contribution >= 0.6 is 0 Å². The Bertz CT molecular complexity index is 580. The van der Waals surface area contributed by atoms with E-state index < -0.39 is 21.0 Å². The molecule has 1 aliphatic rings. The Kier molecular flexibility index (Phi) is 3.94. The number of rotatable bonds is 3. The van der Waals surface area contributed by atoms with Crippen LogP contribution in [-0.4, -0.2) is 25.8 Å². The fourth-order valence-electron chi connectivity index (χ4n) is 2.39. The zero-order chi connectivity index (χ0) is 14.0. The molecule has 0 radical (unpaired) electrons. The smallest absolute Gasteiger partial charge is 0.238 e. The third-order valence-electron chi connectivity index (χ3n) is 3.70. The normalized spacial score (nSPS) is 20.4. The van der Waals surface area contributed by atoms with Gasteiger partial charge in [0.25, 0.3) is 0 Å². The first-order chi connectivity index (χ1) is 8.89. The van der Waals surface area contributed by atoms with E-state index in [9.17, 15) is 13.2 Å². The molecule has 1 N–H and O–H groups in total. The molecular formula is C14H19NO3S. The summed E-state index contributed by atoms with van der Waals surface area (Å²) in [4.78, 5) is 12.0. The van der Waals surface area contributed by atoms with Gasteiger partial charge in [0, 0.05) is 6.26 Å². The predicted octanol–water partition coefficient (Wildman–Crippen LogP) is 1.61. The minimum absolute atomic E-state index is 0.0679. The Morgan fingerprint density at radius 1 is 1.37 bits per heavy atom. The second-order valence-electron chi connectivity index (χ2n) is 5.12. The third kappa shape index (κ3) is 3.15. The second kappa shape index (κ2) is 5.33. The van der Waals surface area contributed by atoms with Gasteiger partial charge in [-0.1, -0.05) is 24.3 Å². The van der Waals surface area contributed by atoms with Gasteiger partial charge in [0.05, 0.1) is 6.04 Å². The van der Waals surface area contributed by atoms with Crippen LogP contribution in [0.2, 0.25) is 0 Å². The summed E-state index contributed by atoms with van der Waals surface area (Å²) >= 11 is 0. The van der Waals surface area contributed by atoms with Crippen molar-refractivity contribution in [1.29, 1.82) is 0 Å². The van der Waals surface area contributed by atoms with Crippen molar-refractivity contribution in [2.75, 3.05) is 6.26 Å². The average Bonchev–Trinajstić information content (AvgIpc) is 2.37. The molecule has 104 valence electrons. The van der Waals surface area contributed by atoms with E-state index in [0.717, 1.165) is 31.1 Å². The van der Waals surface area contributed by atoms with Crippen LogP contribution in [0.1, 0.15) is 36.9 Å². The fourth-order valence-corrected chi connectivity index (χ4v) is 2.84. The lowest BCUT2D eigenvalue weighted by atomic mass is 9.88. The third-order valence-corrected chi connectivity index (χ3v) is 5.20. The minimum atomic E-state index is -3.34. The highest BCUT2D eigenvalue weighted by Crippen LogP contribution is 2.29. The summed E-state index contributed by atoms with van der Waals surface area (Å²) in [6.45, 7) is 1.43. The largest absolute Gasteiger partial charge is 0.348 e. The Morgan fingerprint density at radius 3 is 2.74 bits per heavy atom. The molecule has 0 aromatic heterocycles. The van der Waals surface area contributed by atoms with Gasteiger partial charge in [-0.2, -0.15) is 0 Å². The molecule has 1 amide bonds. The standard InChI is InChI=1S/C14H19NO3S/c1-10(19(2,17)18)14(16)15-13-9-5-7-11-6-3-4-8-12(11)13/h3-4,6,8,10,13H,5,7,9H2,1-2H3,(H,15,16). The van der Waals surface area contributed by atoms with Crippen LogP contribution in [0.5, 0.6) is 0 Å². The Hall–Kier alpha value is -1.36. The zero-order valence-electron chi connectivity index (χ0n) is 11.2. The van der Waals surface area contributed by atoms with E-state index >= 15 is 0 Å². The van der Waals surface area contributed by atoms with E-state index in [1.807, 2.05) is 18.2 Å². The molecule has 1 aromatic rings. The van der Waals surface area contributed by atoms with Crippen molar-refractivity contribution in [2.24, 2.45) is 0 Å². The van der Waals surface area contributed by atoms with Crippen molar-refractivity contribution in [3.63, 3.8) is 0 Å². The number of carbonyl (C=O) groups is 1. The Labute approximate surface area is 114 Å². The quantitative estimate of drug-likeness (QED) is 0.915. The van der Waals surface area contributed by atoms with E-state index in [1.165, 1.54) is 12.5 Å². The fraction of sp³-hybridized carbons (Fsp3) is 0.500. The van der Waals surface area contributed by atoms with Crippen LogP contribution in [0.4, 0.5) is 0 Å². The van der Waals surface area contributed by atoms with Crippen molar-refractivity contribution < 1.29 is 13.2 Å². The van der Waals surface area contributed by atoms with E-state index in [-0.39, 0.29) is 6.04 Å². The van der Waals surface area contributed by atoms with Crippen molar-refractivity contribution in [3.05, 3.63) is 35.4 Å². The molecule has 0 bridgehead atoms. The summed E-state index contributed by atoms with van der Waals surface area (Å²) in [6, 6.07) is 7.94. The lowest BCUT2D eigenvalue weighted by Crippen LogP contribution is -2.40. The highest BCUT2D eigenvalue weighted by Gasteiger charge is 2.27. The van der Waals surface area contributed by atoms with E-state index in [1.54, 1.807) is 0 Å². The van der Waals surface area contributed by atoms with Gasteiger partial charge in [0.2, 0.25) is 5.91 Å². The number of hydrogen-bond donors (Lipinski definition) is 1. The number of fused-ring (bicyclic) bond motifs is 1. The summed E-state index contributed by atoms with van der Waals surface area (Å²) < 4.78 is 22.8. The first kappa shape index (κ1) is 14.1. The van der Waals surface area contributed by atoms with E-state index in [2.05, 4.69) is 11.4 Å². The number of aryl methyl sites for hydroxylation is 1. The molecule has 2 rings (SSSR count). The predicted molar refractivity (Wildman–Crippen MR) is 74.6 cm³/mol. The van der Waals surface area contributed by atoms with Gasteiger partial charge in [-0.25, -0.2) is 8.42 Å². The molecule has 19 heavy (non-hydrogen) atoms. The first-order valence-corrected chi connectivity index (χ1v) is 8.42. The molecule has 0 spiro atoms. The highest BCUT2D eigenvalue weighted by molar-refractivity contribution is 7.92. The minimum Gasteiger partial charge on any atom is -0.348 e. The van der Waals surface area contributed by atoms with Gasteiger partial charge in [0.15, 0.2) is 9.84 Å². The summed E-state index contributed by atoms with van der Waals surface area (Å²) in [7, 11) is -3.34. The van der Waals surface area contributed by atoms with Crippen molar-refractivity contribution in [2.45, 2.75) is 37.5 Å². The number of benzene rings is 1. The highest BCUT2D eigenvalue weighted by atomic mass is 32.2. The lowest BCUT2D eigenvalue weighted by molar-refractivity contribution is -0.121. The summed E-state index contributed by atoms with van der Waals surface area (Å²) in [5.41, 5.74) is 2.36. The molecule has 1 aromatic carbocycles. The molecular weight excluding hydrogens is 262 g/mol. The number of carbonyl (C=O) groups excluding carboxylic acids is 1. The van der Waals surface area contributed by atoms with Gasteiger partial charge >= 0.3 is 0 Å². The van der Waals surface area contributed by atoms with Crippen LogP contribution in [0.15, 0.2) is 24.3 Å². The van der Waals surface area contributed by atoms with Crippen LogP contribution in [0.25, 0.3) is 0 Å². The molecule has 0 saturated heterocycles. The van der Waals surface area contributed by atoms with E-state index in [4.69, 9.17) is 0 Å². The lowest BCUT2D eigenvalue weighted by Gasteiger charge is -2.27. The van der Waals surface area contributed by atoms with Gasteiger partial charge in [0.1, 0.15) is 5.25 Å². The van der Waals surface area contributed by atoms with Gasteiger partial charge < -0.3 is 5.32 Å². The monoisotopic (exact) mass is 281 g/mol. The number of nitrogens with one attached hydrogen (secondary N) is 1. The maximum atomic E-state index is 12.0. The van der Waals surface area contributed by atoms with Crippen LogP contribution in [0.3, 0.4) is 0 Å². The second-order valence-corrected chi connectivity index (χ2v) is 7.49. The van der Waals surface area contributed by atoms with E-state index in [0.29, 0.717) is 0 Å². The topological polar surface area (TPSA) is 63.2 Å². The van der Waals surface area contributed by atoms with Crippen molar-refractivity contribution >= 4 is 15.7 Å². The van der Waals surface area contributed by atoms with Crippen LogP contribution < -0.4 is 5.32 Å². The molecule has 0 fully saturated rings. The molecule has 5 heteroatoms. The Balaban J connectivity index is 2.15.